The number of thiophene rings is 1. The van der Waals surface area contributed by atoms with Gasteiger partial charge >= 0.3 is 0 Å². The molecule has 3 rings (SSSR count). The summed E-state index contributed by atoms with van der Waals surface area (Å²) in [5.41, 5.74) is 1.59. The van der Waals surface area contributed by atoms with Gasteiger partial charge < -0.3 is 10.4 Å². The van der Waals surface area contributed by atoms with E-state index < -0.39 is 0 Å². The molecule has 2 aliphatic rings. The number of amides is 1. The standard InChI is InChI=1S/C17H25NO2S/c1-2-12-3-4-14-13(9-12)10-15(21-14)16(20)18-11-17(5-6-17)7-8-19/h10,12,19H,2-9,11H2,1H3,(H,18,20). The number of hydrogen-bond acceptors (Lipinski definition) is 3. The smallest absolute Gasteiger partial charge is 0.261 e. The van der Waals surface area contributed by atoms with E-state index in [1.54, 1.807) is 11.3 Å². The fraction of sp³-hybridized carbons (Fsp3) is 0.706. The van der Waals surface area contributed by atoms with Gasteiger partial charge in [-0.05, 0) is 61.5 Å². The van der Waals surface area contributed by atoms with Crippen LogP contribution in [0.2, 0.25) is 0 Å². The highest BCUT2D eigenvalue weighted by Crippen LogP contribution is 2.48. The molecular weight excluding hydrogens is 282 g/mol. The number of rotatable bonds is 6. The maximum atomic E-state index is 12.3. The van der Waals surface area contributed by atoms with E-state index in [4.69, 9.17) is 5.11 Å². The first kappa shape index (κ1) is 15.0. The summed E-state index contributed by atoms with van der Waals surface area (Å²) < 4.78 is 0. The second kappa shape index (κ2) is 6.09. The number of nitrogens with one attached hydrogen (secondary N) is 1. The van der Waals surface area contributed by atoms with Crippen LogP contribution in [0.5, 0.6) is 0 Å². The quantitative estimate of drug-likeness (QED) is 0.848. The van der Waals surface area contributed by atoms with Crippen molar-refractivity contribution in [2.75, 3.05) is 13.2 Å². The lowest BCUT2D eigenvalue weighted by Crippen LogP contribution is -2.30. The molecule has 1 aromatic heterocycles. The predicted molar refractivity (Wildman–Crippen MR) is 85.8 cm³/mol. The molecule has 116 valence electrons. The molecule has 1 fully saturated rings. The van der Waals surface area contributed by atoms with Crippen LogP contribution in [0.3, 0.4) is 0 Å². The van der Waals surface area contributed by atoms with Crippen LogP contribution in [0.15, 0.2) is 6.07 Å². The minimum absolute atomic E-state index is 0.0756. The second-order valence-corrected chi connectivity index (χ2v) is 7.87. The summed E-state index contributed by atoms with van der Waals surface area (Å²) in [6.07, 6.45) is 7.86. The molecule has 4 heteroatoms. The maximum absolute atomic E-state index is 12.3. The summed E-state index contributed by atoms with van der Waals surface area (Å²) in [4.78, 5) is 14.6. The summed E-state index contributed by atoms with van der Waals surface area (Å²) in [5.74, 6) is 0.869. The van der Waals surface area contributed by atoms with Crippen molar-refractivity contribution in [1.29, 1.82) is 0 Å². The van der Waals surface area contributed by atoms with E-state index in [9.17, 15) is 4.79 Å². The van der Waals surface area contributed by atoms with Gasteiger partial charge in [-0.15, -0.1) is 11.3 Å². The first-order valence-electron chi connectivity index (χ1n) is 8.16. The van der Waals surface area contributed by atoms with Crippen LogP contribution in [-0.2, 0) is 12.8 Å². The average Bonchev–Trinajstić information content (AvgIpc) is 3.12. The van der Waals surface area contributed by atoms with Crippen molar-refractivity contribution in [2.45, 2.75) is 51.9 Å². The van der Waals surface area contributed by atoms with E-state index >= 15 is 0 Å². The Kier molecular flexibility index (Phi) is 4.36. The van der Waals surface area contributed by atoms with Gasteiger partial charge in [0.2, 0.25) is 0 Å². The Balaban J connectivity index is 1.60. The molecule has 0 spiro atoms. The molecule has 1 saturated carbocycles. The Morgan fingerprint density at radius 1 is 1.52 bits per heavy atom. The van der Waals surface area contributed by atoms with E-state index in [0.29, 0.717) is 6.54 Å². The van der Waals surface area contributed by atoms with Crippen LogP contribution < -0.4 is 5.32 Å². The van der Waals surface area contributed by atoms with Gasteiger partial charge in [0.25, 0.3) is 5.91 Å². The highest BCUT2D eigenvalue weighted by Gasteiger charge is 2.42. The molecule has 1 unspecified atom stereocenters. The SMILES string of the molecule is CCC1CCc2sc(C(=O)NCC3(CCO)CC3)cc2C1. The van der Waals surface area contributed by atoms with E-state index in [1.165, 1.54) is 23.3 Å². The van der Waals surface area contributed by atoms with Crippen molar-refractivity contribution in [3.8, 4) is 0 Å². The van der Waals surface area contributed by atoms with E-state index in [1.807, 2.05) is 0 Å². The van der Waals surface area contributed by atoms with Crippen LogP contribution in [0.1, 0.15) is 59.1 Å². The lowest BCUT2D eigenvalue weighted by atomic mass is 9.87. The zero-order valence-corrected chi connectivity index (χ0v) is 13.6. The minimum atomic E-state index is 0.0756. The molecular formula is C17H25NO2S. The molecule has 1 heterocycles. The normalized spacial score (nSPS) is 22.7. The molecule has 3 nitrogen and oxygen atoms in total. The van der Waals surface area contributed by atoms with Crippen molar-refractivity contribution in [2.24, 2.45) is 11.3 Å². The zero-order valence-electron chi connectivity index (χ0n) is 12.8. The monoisotopic (exact) mass is 307 g/mol. The van der Waals surface area contributed by atoms with Crippen LogP contribution in [0.25, 0.3) is 0 Å². The van der Waals surface area contributed by atoms with Crippen molar-refractivity contribution in [3.63, 3.8) is 0 Å². The highest BCUT2D eigenvalue weighted by molar-refractivity contribution is 7.14. The molecule has 1 atom stereocenters. The Hall–Kier alpha value is -0.870. The van der Waals surface area contributed by atoms with Gasteiger partial charge in [-0.3, -0.25) is 4.79 Å². The Morgan fingerprint density at radius 2 is 2.33 bits per heavy atom. The Labute approximate surface area is 130 Å². The summed E-state index contributed by atoms with van der Waals surface area (Å²) in [6, 6.07) is 2.11. The Morgan fingerprint density at radius 3 is 3.00 bits per heavy atom. The molecule has 0 aliphatic heterocycles. The molecule has 0 saturated heterocycles. The number of carbonyl (C=O) groups excluding carboxylic acids is 1. The van der Waals surface area contributed by atoms with Gasteiger partial charge in [-0.25, -0.2) is 0 Å². The maximum Gasteiger partial charge on any atom is 0.261 e. The second-order valence-electron chi connectivity index (χ2n) is 6.73. The molecule has 1 aromatic rings. The summed E-state index contributed by atoms with van der Waals surface area (Å²) in [5, 5.41) is 12.2. The first-order valence-corrected chi connectivity index (χ1v) is 8.98. The third kappa shape index (κ3) is 3.32. The van der Waals surface area contributed by atoms with E-state index in [2.05, 4.69) is 18.3 Å². The van der Waals surface area contributed by atoms with Gasteiger partial charge in [-0.2, -0.15) is 0 Å². The summed E-state index contributed by atoms with van der Waals surface area (Å²) in [7, 11) is 0. The van der Waals surface area contributed by atoms with E-state index in [-0.39, 0.29) is 17.9 Å². The molecule has 0 radical (unpaired) electrons. The van der Waals surface area contributed by atoms with Crippen molar-refractivity contribution in [3.05, 3.63) is 21.4 Å². The topological polar surface area (TPSA) is 49.3 Å². The van der Waals surface area contributed by atoms with E-state index in [0.717, 1.165) is 42.9 Å². The van der Waals surface area contributed by atoms with Crippen molar-refractivity contribution >= 4 is 17.2 Å². The highest BCUT2D eigenvalue weighted by atomic mass is 32.1. The summed E-state index contributed by atoms with van der Waals surface area (Å²) >= 11 is 1.68. The van der Waals surface area contributed by atoms with Crippen molar-refractivity contribution in [1.82, 2.24) is 5.32 Å². The largest absolute Gasteiger partial charge is 0.396 e. The van der Waals surface area contributed by atoms with Gasteiger partial charge in [0, 0.05) is 18.0 Å². The molecule has 2 N–H and O–H groups in total. The molecule has 0 aromatic carbocycles. The minimum Gasteiger partial charge on any atom is -0.396 e. The average molecular weight is 307 g/mol. The van der Waals surface area contributed by atoms with Gasteiger partial charge in [0.05, 0.1) is 4.88 Å². The van der Waals surface area contributed by atoms with Crippen molar-refractivity contribution < 1.29 is 9.90 Å². The van der Waals surface area contributed by atoms with Crippen LogP contribution >= 0.6 is 11.3 Å². The lowest BCUT2D eigenvalue weighted by molar-refractivity contribution is 0.0945. The number of fused-ring (bicyclic) bond motifs is 1. The fourth-order valence-electron chi connectivity index (χ4n) is 3.34. The third-order valence-corrected chi connectivity index (χ3v) is 6.45. The number of aliphatic hydroxyl groups excluding tert-OH is 1. The third-order valence-electron chi connectivity index (χ3n) is 5.21. The lowest BCUT2D eigenvalue weighted by Gasteiger charge is -2.19. The Bertz CT molecular complexity index is 519. The number of aliphatic hydroxyl groups is 1. The number of hydrogen-bond donors (Lipinski definition) is 2. The van der Waals surface area contributed by atoms with Gasteiger partial charge in [0.1, 0.15) is 0 Å². The molecule has 2 aliphatic carbocycles. The first-order chi connectivity index (χ1) is 10.2. The molecule has 1 amide bonds. The van der Waals surface area contributed by atoms with Gasteiger partial charge in [-0.1, -0.05) is 13.3 Å². The molecule has 21 heavy (non-hydrogen) atoms. The predicted octanol–water partition coefficient (Wildman–Crippen LogP) is 3.16. The number of aryl methyl sites for hydroxylation is 1. The van der Waals surface area contributed by atoms with Gasteiger partial charge in [0.15, 0.2) is 0 Å². The summed E-state index contributed by atoms with van der Waals surface area (Å²) in [6.45, 7) is 3.19. The fourth-order valence-corrected chi connectivity index (χ4v) is 4.47. The zero-order chi connectivity index (χ0) is 14.9. The van der Waals surface area contributed by atoms with Crippen LogP contribution in [-0.4, -0.2) is 24.2 Å². The van der Waals surface area contributed by atoms with Crippen LogP contribution in [0.4, 0.5) is 0 Å². The van der Waals surface area contributed by atoms with Crippen LogP contribution in [0, 0.1) is 11.3 Å². The molecule has 0 bridgehead atoms. The number of carbonyl (C=O) groups is 1.